The summed E-state index contributed by atoms with van der Waals surface area (Å²) in [6.45, 7) is 3.21. The topological polar surface area (TPSA) is 128 Å². The number of halogens is 1. The monoisotopic (exact) mass is 487 g/mol. The molecule has 1 amide bonds. The Morgan fingerprint density at radius 3 is 2.35 bits per heavy atom. The molecular weight excluding hydrogens is 465 g/mol. The lowest BCUT2D eigenvalue weighted by Gasteiger charge is -2.15. The molecule has 3 rings (SSSR count). The molecule has 1 unspecified atom stereocenters. The largest absolute Gasteiger partial charge is 0.494 e. The molecule has 0 aliphatic heterocycles. The van der Waals surface area contributed by atoms with Crippen LogP contribution in [0.4, 0.5) is 15.8 Å². The van der Waals surface area contributed by atoms with E-state index >= 15 is 0 Å². The van der Waals surface area contributed by atoms with Crippen molar-refractivity contribution in [3.63, 3.8) is 0 Å². The molecule has 0 fully saturated rings. The maximum absolute atomic E-state index is 13.9. The minimum absolute atomic E-state index is 0.0977. The summed E-state index contributed by atoms with van der Waals surface area (Å²) < 4.78 is 46.4. The number of hydrogen-bond donors (Lipinski definition) is 2. The van der Waals surface area contributed by atoms with Crippen molar-refractivity contribution < 1.29 is 27.3 Å². The van der Waals surface area contributed by atoms with Gasteiger partial charge in [-0.2, -0.15) is 0 Å². The van der Waals surface area contributed by atoms with Gasteiger partial charge in [-0.15, -0.1) is 0 Å². The summed E-state index contributed by atoms with van der Waals surface area (Å²) in [7, 11) is -2.73. The molecule has 0 saturated carbocycles. The molecule has 0 spiro atoms. The fraction of sp³-hybridized carbons (Fsp3) is 0.174. The molecule has 0 heterocycles. The first kappa shape index (κ1) is 24.6. The van der Waals surface area contributed by atoms with Crippen LogP contribution >= 0.6 is 0 Å². The highest BCUT2D eigenvalue weighted by molar-refractivity contribution is 7.92. The van der Waals surface area contributed by atoms with Gasteiger partial charge in [-0.1, -0.05) is 12.1 Å². The van der Waals surface area contributed by atoms with E-state index in [1.54, 1.807) is 13.0 Å². The standard InChI is InChI=1S/C23H22FN3O6S/c1-14-4-10-19(13-21(14)27(29)30)34(31,32)26-18-8-5-16(6-9-18)23(28)25-15(2)17-7-11-22(33-3)20(24)12-17/h4-13,15,26H,1-3H3,(H,25,28). The Bertz CT molecular complexity index is 1340. The molecule has 0 saturated heterocycles. The quantitative estimate of drug-likeness (QED) is 0.359. The Morgan fingerprint density at radius 1 is 1.09 bits per heavy atom. The number of ether oxygens (including phenoxy) is 1. The minimum Gasteiger partial charge on any atom is -0.494 e. The number of rotatable bonds is 8. The molecule has 0 aliphatic rings. The van der Waals surface area contributed by atoms with Crippen LogP contribution in [-0.2, 0) is 10.0 Å². The minimum atomic E-state index is -4.08. The van der Waals surface area contributed by atoms with Crippen molar-refractivity contribution in [2.45, 2.75) is 24.8 Å². The lowest BCUT2D eigenvalue weighted by atomic mass is 10.1. The Balaban J connectivity index is 1.71. The van der Waals surface area contributed by atoms with Gasteiger partial charge in [0.15, 0.2) is 11.6 Å². The van der Waals surface area contributed by atoms with Gasteiger partial charge >= 0.3 is 0 Å². The number of anilines is 1. The van der Waals surface area contributed by atoms with Crippen molar-refractivity contribution >= 4 is 27.3 Å². The third-order valence-electron chi connectivity index (χ3n) is 5.11. The van der Waals surface area contributed by atoms with Crippen LogP contribution in [0.5, 0.6) is 5.75 Å². The van der Waals surface area contributed by atoms with Crippen LogP contribution in [0.25, 0.3) is 0 Å². The second-order valence-corrected chi connectivity index (χ2v) is 9.16. The highest BCUT2D eigenvalue weighted by Crippen LogP contribution is 2.25. The zero-order valence-electron chi connectivity index (χ0n) is 18.5. The van der Waals surface area contributed by atoms with Gasteiger partial charge in [0.1, 0.15) is 0 Å². The number of methoxy groups -OCH3 is 1. The summed E-state index contributed by atoms with van der Waals surface area (Å²) in [6, 6.07) is 13.1. The first-order valence-electron chi connectivity index (χ1n) is 10.0. The summed E-state index contributed by atoms with van der Waals surface area (Å²) in [6.07, 6.45) is 0. The third-order valence-corrected chi connectivity index (χ3v) is 6.49. The number of hydrogen-bond acceptors (Lipinski definition) is 6. The summed E-state index contributed by atoms with van der Waals surface area (Å²) in [5, 5.41) is 13.8. The third kappa shape index (κ3) is 5.49. The van der Waals surface area contributed by atoms with Gasteiger partial charge in [-0.05, 0) is 61.9 Å². The van der Waals surface area contributed by atoms with Crippen molar-refractivity contribution in [1.82, 2.24) is 5.32 Å². The van der Waals surface area contributed by atoms with Gasteiger partial charge in [0.25, 0.3) is 21.6 Å². The molecular formula is C23H22FN3O6S. The van der Waals surface area contributed by atoms with Gasteiger partial charge in [0, 0.05) is 22.9 Å². The van der Waals surface area contributed by atoms with Gasteiger partial charge < -0.3 is 10.1 Å². The number of nitro groups is 1. The number of amides is 1. The van der Waals surface area contributed by atoms with Crippen molar-refractivity contribution in [1.29, 1.82) is 0 Å². The SMILES string of the molecule is COc1ccc(C(C)NC(=O)c2ccc(NS(=O)(=O)c3ccc(C)c([N+](=O)[O-])c3)cc2)cc1F. The lowest BCUT2D eigenvalue weighted by Crippen LogP contribution is -2.26. The number of sulfonamides is 1. The maximum atomic E-state index is 13.9. The molecule has 0 radical (unpaired) electrons. The summed E-state index contributed by atoms with van der Waals surface area (Å²) in [4.78, 5) is 22.7. The normalized spacial score (nSPS) is 12.0. The van der Waals surface area contributed by atoms with E-state index in [1.165, 1.54) is 62.6 Å². The zero-order valence-corrected chi connectivity index (χ0v) is 19.4. The van der Waals surface area contributed by atoms with E-state index in [2.05, 4.69) is 10.0 Å². The van der Waals surface area contributed by atoms with E-state index in [0.29, 0.717) is 11.1 Å². The molecule has 3 aromatic rings. The second kappa shape index (κ2) is 9.87. The molecule has 0 aliphatic carbocycles. The maximum Gasteiger partial charge on any atom is 0.273 e. The van der Waals surface area contributed by atoms with Crippen molar-refractivity contribution in [2.75, 3.05) is 11.8 Å². The van der Waals surface area contributed by atoms with Crippen LogP contribution in [0.1, 0.15) is 34.5 Å². The predicted molar refractivity (Wildman–Crippen MR) is 124 cm³/mol. The van der Waals surface area contributed by atoms with E-state index in [-0.39, 0.29) is 27.6 Å². The molecule has 0 aromatic heterocycles. The van der Waals surface area contributed by atoms with E-state index in [1.807, 2.05) is 0 Å². The highest BCUT2D eigenvalue weighted by Gasteiger charge is 2.20. The lowest BCUT2D eigenvalue weighted by molar-refractivity contribution is -0.385. The van der Waals surface area contributed by atoms with Gasteiger partial charge in [-0.3, -0.25) is 19.6 Å². The molecule has 178 valence electrons. The number of benzene rings is 3. The van der Waals surface area contributed by atoms with Crippen molar-refractivity contribution in [2.24, 2.45) is 0 Å². The fourth-order valence-electron chi connectivity index (χ4n) is 3.17. The van der Waals surface area contributed by atoms with Crippen LogP contribution < -0.4 is 14.8 Å². The van der Waals surface area contributed by atoms with Crippen LogP contribution in [0.15, 0.2) is 65.6 Å². The van der Waals surface area contributed by atoms with E-state index in [0.717, 1.165) is 6.07 Å². The molecule has 11 heteroatoms. The van der Waals surface area contributed by atoms with E-state index in [9.17, 15) is 27.7 Å². The molecule has 2 N–H and O–H groups in total. The number of nitrogens with zero attached hydrogens (tertiary/aromatic N) is 1. The first-order valence-corrected chi connectivity index (χ1v) is 11.5. The van der Waals surface area contributed by atoms with E-state index < -0.39 is 32.7 Å². The Labute approximate surface area is 195 Å². The van der Waals surface area contributed by atoms with Crippen LogP contribution in [-0.4, -0.2) is 26.4 Å². The summed E-state index contributed by atoms with van der Waals surface area (Å²) >= 11 is 0. The summed E-state index contributed by atoms with van der Waals surface area (Å²) in [5.41, 5.74) is 1.01. The Morgan fingerprint density at radius 2 is 1.76 bits per heavy atom. The first-order chi connectivity index (χ1) is 16.0. The van der Waals surface area contributed by atoms with E-state index in [4.69, 9.17) is 4.74 Å². The number of nitrogens with one attached hydrogen (secondary N) is 2. The highest BCUT2D eigenvalue weighted by atomic mass is 32.2. The van der Waals surface area contributed by atoms with Gasteiger partial charge in [0.05, 0.1) is 23.0 Å². The average molecular weight is 488 g/mol. The number of carbonyl (C=O) groups excluding carboxylic acids is 1. The number of nitro benzene ring substituents is 1. The molecule has 3 aromatic carbocycles. The molecule has 1 atom stereocenters. The molecule has 34 heavy (non-hydrogen) atoms. The number of carbonyl (C=O) groups is 1. The van der Waals surface area contributed by atoms with Crippen LogP contribution in [0.2, 0.25) is 0 Å². The Hall–Kier alpha value is -3.99. The van der Waals surface area contributed by atoms with Crippen molar-refractivity contribution in [3.8, 4) is 5.75 Å². The molecule has 9 nitrogen and oxygen atoms in total. The van der Waals surface area contributed by atoms with Crippen molar-refractivity contribution in [3.05, 3.63) is 93.3 Å². The number of aryl methyl sites for hydroxylation is 1. The predicted octanol–water partition coefficient (Wildman–Crippen LogP) is 4.34. The van der Waals surface area contributed by atoms with Gasteiger partial charge in [-0.25, -0.2) is 12.8 Å². The fourth-order valence-corrected chi connectivity index (χ4v) is 4.25. The van der Waals surface area contributed by atoms with Gasteiger partial charge in [0.2, 0.25) is 0 Å². The zero-order chi connectivity index (χ0) is 25.0. The average Bonchev–Trinajstić information content (AvgIpc) is 2.79. The second-order valence-electron chi connectivity index (χ2n) is 7.48. The van der Waals surface area contributed by atoms with Crippen LogP contribution in [0.3, 0.4) is 0 Å². The van der Waals surface area contributed by atoms with Crippen LogP contribution in [0, 0.1) is 22.9 Å². The smallest absolute Gasteiger partial charge is 0.273 e. The molecule has 0 bridgehead atoms. The Kier molecular flexibility index (Phi) is 7.16. The summed E-state index contributed by atoms with van der Waals surface area (Å²) in [5.74, 6) is -0.885.